The van der Waals surface area contributed by atoms with Crippen molar-refractivity contribution in [2.75, 3.05) is 0 Å². The van der Waals surface area contributed by atoms with Crippen molar-refractivity contribution in [1.29, 1.82) is 0 Å². The fourth-order valence-corrected chi connectivity index (χ4v) is 3.82. The van der Waals surface area contributed by atoms with Crippen molar-refractivity contribution in [2.45, 2.75) is 51.4 Å². The Kier molecular flexibility index (Phi) is 4.26. The maximum absolute atomic E-state index is 3.98. The summed E-state index contributed by atoms with van der Waals surface area (Å²) >= 11 is 0. The van der Waals surface area contributed by atoms with Crippen molar-refractivity contribution >= 4 is 0 Å². The average Bonchev–Trinajstić information content (AvgIpc) is 2.39. The van der Waals surface area contributed by atoms with Crippen molar-refractivity contribution in [2.24, 2.45) is 23.7 Å². The largest absolute Gasteiger partial charge is 0.103 e. The summed E-state index contributed by atoms with van der Waals surface area (Å²) in [6.07, 6.45) is 15.8. The SMILES string of the molecule is C=CC1CCCC(C2CCCC(C=C)C2)C1. The van der Waals surface area contributed by atoms with E-state index in [-0.39, 0.29) is 0 Å². The van der Waals surface area contributed by atoms with Gasteiger partial charge in [0.1, 0.15) is 0 Å². The van der Waals surface area contributed by atoms with Gasteiger partial charge in [-0.3, -0.25) is 0 Å². The Labute approximate surface area is 101 Å². The molecule has 0 radical (unpaired) electrons. The van der Waals surface area contributed by atoms with Gasteiger partial charge in [-0.2, -0.15) is 0 Å². The van der Waals surface area contributed by atoms with Gasteiger partial charge in [-0.25, -0.2) is 0 Å². The Hall–Kier alpha value is -0.520. The predicted molar refractivity (Wildman–Crippen MR) is 71.3 cm³/mol. The molecule has 16 heavy (non-hydrogen) atoms. The van der Waals surface area contributed by atoms with E-state index in [9.17, 15) is 0 Å². The fourth-order valence-electron chi connectivity index (χ4n) is 3.82. The van der Waals surface area contributed by atoms with Crippen LogP contribution in [0.5, 0.6) is 0 Å². The van der Waals surface area contributed by atoms with E-state index in [1.54, 1.807) is 0 Å². The molecule has 2 fully saturated rings. The first-order valence-corrected chi connectivity index (χ1v) is 7.08. The molecule has 0 saturated heterocycles. The first-order chi connectivity index (χ1) is 7.83. The molecule has 0 nitrogen and oxygen atoms in total. The van der Waals surface area contributed by atoms with Gasteiger partial charge in [-0.15, -0.1) is 13.2 Å². The summed E-state index contributed by atoms with van der Waals surface area (Å²) in [5.41, 5.74) is 0. The summed E-state index contributed by atoms with van der Waals surface area (Å²) in [5.74, 6) is 3.59. The highest BCUT2D eigenvalue weighted by Gasteiger charge is 2.30. The Morgan fingerprint density at radius 1 is 0.688 bits per heavy atom. The van der Waals surface area contributed by atoms with Crippen LogP contribution in [-0.4, -0.2) is 0 Å². The van der Waals surface area contributed by atoms with E-state index < -0.39 is 0 Å². The summed E-state index contributed by atoms with van der Waals surface area (Å²) in [6.45, 7) is 7.96. The van der Waals surface area contributed by atoms with Crippen molar-refractivity contribution in [3.8, 4) is 0 Å². The monoisotopic (exact) mass is 218 g/mol. The normalized spacial score (nSPS) is 40.2. The zero-order valence-electron chi connectivity index (χ0n) is 10.5. The molecule has 0 spiro atoms. The molecule has 2 rings (SSSR count). The molecule has 0 aromatic rings. The van der Waals surface area contributed by atoms with Gasteiger partial charge in [-0.05, 0) is 49.4 Å². The van der Waals surface area contributed by atoms with Crippen LogP contribution >= 0.6 is 0 Å². The molecule has 2 aliphatic carbocycles. The Bertz CT molecular complexity index is 214. The van der Waals surface area contributed by atoms with Crippen LogP contribution in [0.1, 0.15) is 51.4 Å². The minimum absolute atomic E-state index is 0.808. The van der Waals surface area contributed by atoms with Gasteiger partial charge < -0.3 is 0 Å². The van der Waals surface area contributed by atoms with E-state index in [0.717, 1.165) is 23.7 Å². The molecule has 0 heteroatoms. The second kappa shape index (κ2) is 5.70. The number of hydrogen-bond acceptors (Lipinski definition) is 0. The minimum Gasteiger partial charge on any atom is -0.103 e. The second-order valence-corrected chi connectivity index (χ2v) is 5.84. The van der Waals surface area contributed by atoms with E-state index in [2.05, 4.69) is 25.3 Å². The Morgan fingerprint density at radius 2 is 1.12 bits per heavy atom. The highest BCUT2D eigenvalue weighted by Crippen LogP contribution is 2.42. The molecule has 2 aliphatic rings. The highest BCUT2D eigenvalue weighted by atomic mass is 14.4. The summed E-state index contributed by atoms with van der Waals surface area (Å²) in [4.78, 5) is 0. The van der Waals surface area contributed by atoms with E-state index in [1.165, 1.54) is 51.4 Å². The molecule has 90 valence electrons. The third kappa shape index (κ3) is 2.78. The molecule has 0 N–H and O–H groups in total. The van der Waals surface area contributed by atoms with Gasteiger partial charge in [0.2, 0.25) is 0 Å². The lowest BCUT2D eigenvalue weighted by Crippen LogP contribution is -2.26. The molecule has 0 aromatic carbocycles. The predicted octanol–water partition coefficient (Wildman–Crippen LogP) is 4.97. The molecule has 0 aromatic heterocycles. The molecule has 0 bridgehead atoms. The molecular weight excluding hydrogens is 192 g/mol. The van der Waals surface area contributed by atoms with Gasteiger partial charge in [0.25, 0.3) is 0 Å². The standard InChI is InChI=1S/C16H26/c1-3-13-7-5-9-15(11-13)16-10-6-8-14(4-2)12-16/h3-4,13-16H,1-2,5-12H2. The van der Waals surface area contributed by atoms with Crippen LogP contribution in [-0.2, 0) is 0 Å². The van der Waals surface area contributed by atoms with Gasteiger partial charge in [0, 0.05) is 0 Å². The smallest absolute Gasteiger partial charge is 0.0233 e. The molecule has 4 unspecified atom stereocenters. The van der Waals surface area contributed by atoms with E-state index in [4.69, 9.17) is 0 Å². The zero-order valence-corrected chi connectivity index (χ0v) is 10.5. The number of rotatable bonds is 3. The van der Waals surface area contributed by atoms with Gasteiger partial charge >= 0.3 is 0 Å². The molecule has 0 aliphatic heterocycles. The van der Waals surface area contributed by atoms with Crippen molar-refractivity contribution < 1.29 is 0 Å². The lowest BCUT2D eigenvalue weighted by atomic mass is 9.68. The third-order valence-electron chi connectivity index (χ3n) is 4.84. The van der Waals surface area contributed by atoms with Crippen LogP contribution in [0.4, 0.5) is 0 Å². The van der Waals surface area contributed by atoms with Crippen molar-refractivity contribution in [3.05, 3.63) is 25.3 Å². The summed E-state index contributed by atoms with van der Waals surface area (Å²) < 4.78 is 0. The Morgan fingerprint density at radius 3 is 1.50 bits per heavy atom. The van der Waals surface area contributed by atoms with Crippen molar-refractivity contribution in [3.63, 3.8) is 0 Å². The maximum Gasteiger partial charge on any atom is -0.0233 e. The van der Waals surface area contributed by atoms with Crippen LogP contribution in [0.2, 0.25) is 0 Å². The summed E-state index contributed by atoms with van der Waals surface area (Å²) in [5, 5.41) is 0. The zero-order chi connectivity index (χ0) is 11.4. The second-order valence-electron chi connectivity index (χ2n) is 5.84. The molecule has 2 saturated carbocycles. The molecule has 0 heterocycles. The van der Waals surface area contributed by atoms with Gasteiger partial charge in [-0.1, -0.05) is 37.8 Å². The van der Waals surface area contributed by atoms with E-state index in [0.29, 0.717) is 0 Å². The molecular formula is C16H26. The van der Waals surface area contributed by atoms with E-state index in [1.807, 2.05) is 0 Å². The minimum atomic E-state index is 0.808. The Balaban J connectivity index is 1.90. The average molecular weight is 218 g/mol. The quantitative estimate of drug-likeness (QED) is 0.587. The van der Waals surface area contributed by atoms with Crippen LogP contribution < -0.4 is 0 Å². The third-order valence-corrected chi connectivity index (χ3v) is 4.84. The maximum atomic E-state index is 3.98. The number of allylic oxidation sites excluding steroid dienone is 2. The van der Waals surface area contributed by atoms with Crippen LogP contribution in [0.25, 0.3) is 0 Å². The molecule has 4 atom stereocenters. The van der Waals surface area contributed by atoms with E-state index >= 15 is 0 Å². The van der Waals surface area contributed by atoms with Crippen LogP contribution in [0, 0.1) is 23.7 Å². The van der Waals surface area contributed by atoms with Crippen LogP contribution in [0.3, 0.4) is 0 Å². The van der Waals surface area contributed by atoms with Crippen molar-refractivity contribution in [1.82, 2.24) is 0 Å². The molecule has 0 amide bonds. The lowest BCUT2D eigenvalue weighted by Gasteiger charge is -2.37. The summed E-state index contributed by atoms with van der Waals surface area (Å²) in [7, 11) is 0. The topological polar surface area (TPSA) is 0 Å². The fraction of sp³-hybridized carbons (Fsp3) is 0.750. The van der Waals surface area contributed by atoms with Crippen LogP contribution in [0.15, 0.2) is 25.3 Å². The first kappa shape index (κ1) is 12.0. The number of hydrogen-bond donors (Lipinski definition) is 0. The van der Waals surface area contributed by atoms with Gasteiger partial charge in [0.15, 0.2) is 0 Å². The van der Waals surface area contributed by atoms with Gasteiger partial charge in [0.05, 0.1) is 0 Å². The first-order valence-electron chi connectivity index (χ1n) is 7.08. The summed E-state index contributed by atoms with van der Waals surface area (Å²) in [6, 6.07) is 0. The highest BCUT2D eigenvalue weighted by molar-refractivity contribution is 4.91. The lowest BCUT2D eigenvalue weighted by molar-refractivity contribution is 0.158.